The first-order valence-electron chi connectivity index (χ1n) is 6.79. The smallest absolute Gasteiger partial charge is 0.137 e. The van der Waals surface area contributed by atoms with Gasteiger partial charge in [0.2, 0.25) is 0 Å². The van der Waals surface area contributed by atoms with Crippen LogP contribution in [0, 0.1) is 5.41 Å². The van der Waals surface area contributed by atoms with Crippen molar-refractivity contribution in [3.05, 3.63) is 24.5 Å². The van der Waals surface area contributed by atoms with E-state index in [1.54, 1.807) is 6.33 Å². The highest BCUT2D eigenvalue weighted by molar-refractivity contribution is 5.91. The van der Waals surface area contributed by atoms with E-state index in [1.807, 2.05) is 18.2 Å². The number of hydrogen-bond donors (Lipinski definition) is 3. The molecule has 5 heteroatoms. The van der Waals surface area contributed by atoms with Gasteiger partial charge in [-0.1, -0.05) is 20.8 Å². The number of nitrogens with one attached hydrogen (secondary N) is 1. The summed E-state index contributed by atoms with van der Waals surface area (Å²) in [5, 5.41) is 13.6. The van der Waals surface area contributed by atoms with Crippen LogP contribution in [0.3, 0.4) is 0 Å². The van der Waals surface area contributed by atoms with Crippen molar-refractivity contribution in [3.8, 4) is 0 Å². The van der Waals surface area contributed by atoms with Crippen molar-refractivity contribution in [2.24, 2.45) is 5.41 Å². The summed E-state index contributed by atoms with van der Waals surface area (Å²) in [5.41, 5.74) is 7.40. The Morgan fingerprint density at radius 2 is 2.05 bits per heavy atom. The maximum atomic E-state index is 9.24. The van der Waals surface area contributed by atoms with Gasteiger partial charge in [-0.15, -0.1) is 0 Å². The van der Waals surface area contributed by atoms with Gasteiger partial charge in [0.15, 0.2) is 0 Å². The molecule has 1 heterocycles. The zero-order valence-corrected chi connectivity index (χ0v) is 12.2. The van der Waals surface area contributed by atoms with Crippen molar-refractivity contribution >= 4 is 22.4 Å². The van der Waals surface area contributed by atoms with Gasteiger partial charge in [-0.3, -0.25) is 0 Å². The summed E-state index contributed by atoms with van der Waals surface area (Å²) in [6.45, 7) is 6.55. The minimum absolute atomic E-state index is 0.0142. The Morgan fingerprint density at radius 1 is 1.30 bits per heavy atom. The average molecular weight is 274 g/mol. The van der Waals surface area contributed by atoms with Crippen LogP contribution in [0.2, 0.25) is 0 Å². The molecule has 0 radical (unpaired) electrons. The molecule has 0 saturated carbocycles. The van der Waals surface area contributed by atoms with Gasteiger partial charge < -0.3 is 16.2 Å². The largest absolute Gasteiger partial charge is 0.399 e. The normalized spacial score (nSPS) is 13.4. The summed E-state index contributed by atoms with van der Waals surface area (Å²) in [7, 11) is 0. The molecule has 0 fully saturated rings. The first-order valence-corrected chi connectivity index (χ1v) is 6.79. The first-order chi connectivity index (χ1) is 9.41. The number of benzene rings is 1. The van der Waals surface area contributed by atoms with Crippen LogP contribution >= 0.6 is 0 Å². The predicted molar refractivity (Wildman–Crippen MR) is 82.5 cm³/mol. The molecule has 2 aromatic rings. The van der Waals surface area contributed by atoms with Crippen molar-refractivity contribution in [1.82, 2.24) is 9.97 Å². The Balaban J connectivity index is 2.39. The van der Waals surface area contributed by atoms with E-state index < -0.39 is 0 Å². The summed E-state index contributed by atoms with van der Waals surface area (Å²) in [5.74, 6) is 0.760. The highest BCUT2D eigenvalue weighted by Crippen LogP contribution is 2.28. The number of nitrogens with zero attached hydrogens (tertiary/aromatic N) is 2. The standard InChI is InChI=1S/C15H22N4O/c1-15(2,3)13(6-7-20)19-14-11-8-10(16)4-5-12(11)17-9-18-14/h4-5,8-9,13,20H,6-7,16H2,1-3H3,(H,17,18,19). The third kappa shape index (κ3) is 3.17. The molecule has 0 aliphatic carbocycles. The summed E-state index contributed by atoms with van der Waals surface area (Å²) >= 11 is 0. The lowest BCUT2D eigenvalue weighted by Gasteiger charge is -2.31. The second-order valence-electron chi connectivity index (χ2n) is 6.07. The Kier molecular flexibility index (Phi) is 4.09. The Hall–Kier alpha value is -1.88. The summed E-state index contributed by atoms with van der Waals surface area (Å²) in [4.78, 5) is 8.57. The highest BCUT2D eigenvalue weighted by Gasteiger charge is 2.24. The molecule has 0 amide bonds. The molecule has 4 N–H and O–H groups in total. The lowest BCUT2D eigenvalue weighted by Crippen LogP contribution is -2.35. The molecule has 0 bridgehead atoms. The zero-order chi connectivity index (χ0) is 14.8. The van der Waals surface area contributed by atoms with Gasteiger partial charge in [0.05, 0.1) is 5.52 Å². The van der Waals surface area contributed by atoms with Gasteiger partial charge in [0, 0.05) is 23.7 Å². The van der Waals surface area contributed by atoms with Crippen molar-refractivity contribution in [3.63, 3.8) is 0 Å². The number of nitrogens with two attached hydrogens (primary N) is 1. The van der Waals surface area contributed by atoms with E-state index in [-0.39, 0.29) is 18.1 Å². The second kappa shape index (κ2) is 5.63. The van der Waals surface area contributed by atoms with E-state index in [4.69, 9.17) is 5.73 Å². The minimum atomic E-state index is 0.0142. The Morgan fingerprint density at radius 3 is 2.70 bits per heavy atom. The highest BCUT2D eigenvalue weighted by atomic mass is 16.3. The van der Waals surface area contributed by atoms with Crippen LogP contribution in [0.25, 0.3) is 10.9 Å². The van der Waals surface area contributed by atoms with Gasteiger partial charge in [0.25, 0.3) is 0 Å². The molecule has 0 saturated heterocycles. The molecule has 5 nitrogen and oxygen atoms in total. The maximum Gasteiger partial charge on any atom is 0.137 e. The topological polar surface area (TPSA) is 84.1 Å². The fourth-order valence-electron chi connectivity index (χ4n) is 2.21. The molecule has 108 valence electrons. The summed E-state index contributed by atoms with van der Waals surface area (Å²) in [6, 6.07) is 5.70. The maximum absolute atomic E-state index is 9.24. The molecule has 1 aromatic carbocycles. The van der Waals surface area contributed by atoms with E-state index in [9.17, 15) is 5.11 Å². The first kappa shape index (κ1) is 14.5. The van der Waals surface area contributed by atoms with Crippen LogP contribution in [0.5, 0.6) is 0 Å². The average Bonchev–Trinajstić information content (AvgIpc) is 2.37. The lowest BCUT2D eigenvalue weighted by molar-refractivity contribution is 0.235. The summed E-state index contributed by atoms with van der Waals surface area (Å²) in [6.07, 6.45) is 2.21. The van der Waals surface area contributed by atoms with E-state index in [2.05, 4.69) is 36.1 Å². The molecule has 0 aliphatic heterocycles. The van der Waals surface area contributed by atoms with Gasteiger partial charge in [-0.25, -0.2) is 9.97 Å². The van der Waals surface area contributed by atoms with Gasteiger partial charge in [0.1, 0.15) is 12.1 Å². The number of fused-ring (bicyclic) bond motifs is 1. The zero-order valence-electron chi connectivity index (χ0n) is 12.2. The molecule has 1 atom stereocenters. The number of aliphatic hydroxyl groups excluding tert-OH is 1. The quantitative estimate of drug-likeness (QED) is 0.746. The van der Waals surface area contributed by atoms with Crippen LogP contribution in [-0.4, -0.2) is 27.7 Å². The number of aliphatic hydroxyl groups is 1. The molecule has 0 aliphatic rings. The Bertz CT molecular complexity index is 592. The van der Waals surface area contributed by atoms with Crippen LogP contribution in [0.15, 0.2) is 24.5 Å². The van der Waals surface area contributed by atoms with E-state index in [0.29, 0.717) is 12.1 Å². The van der Waals surface area contributed by atoms with E-state index in [1.165, 1.54) is 0 Å². The fraction of sp³-hybridized carbons (Fsp3) is 0.467. The summed E-state index contributed by atoms with van der Waals surface area (Å²) < 4.78 is 0. The molecule has 1 unspecified atom stereocenters. The number of anilines is 2. The van der Waals surface area contributed by atoms with Crippen LogP contribution in [-0.2, 0) is 0 Å². The van der Waals surface area contributed by atoms with Crippen LogP contribution < -0.4 is 11.1 Å². The number of nitrogen functional groups attached to an aromatic ring is 1. The molecular weight excluding hydrogens is 252 g/mol. The van der Waals surface area contributed by atoms with E-state index >= 15 is 0 Å². The van der Waals surface area contributed by atoms with Gasteiger partial charge in [-0.2, -0.15) is 0 Å². The molecule has 1 aromatic heterocycles. The number of aromatic nitrogens is 2. The van der Waals surface area contributed by atoms with Gasteiger partial charge >= 0.3 is 0 Å². The number of rotatable bonds is 4. The molecule has 2 rings (SSSR count). The van der Waals surface area contributed by atoms with Gasteiger partial charge in [-0.05, 0) is 30.0 Å². The van der Waals surface area contributed by atoms with Crippen molar-refractivity contribution in [1.29, 1.82) is 0 Å². The monoisotopic (exact) mass is 274 g/mol. The second-order valence-corrected chi connectivity index (χ2v) is 6.07. The van der Waals surface area contributed by atoms with Crippen molar-refractivity contribution in [2.45, 2.75) is 33.2 Å². The van der Waals surface area contributed by atoms with Crippen molar-refractivity contribution < 1.29 is 5.11 Å². The van der Waals surface area contributed by atoms with Crippen LogP contribution in [0.1, 0.15) is 27.2 Å². The SMILES string of the molecule is CC(C)(C)C(CCO)Nc1ncnc2ccc(N)cc12. The molecular formula is C15H22N4O. The fourth-order valence-corrected chi connectivity index (χ4v) is 2.21. The third-order valence-corrected chi connectivity index (χ3v) is 3.43. The van der Waals surface area contributed by atoms with Crippen LogP contribution in [0.4, 0.5) is 11.5 Å². The molecule has 20 heavy (non-hydrogen) atoms. The lowest BCUT2D eigenvalue weighted by atomic mass is 9.85. The third-order valence-electron chi connectivity index (χ3n) is 3.43. The predicted octanol–water partition coefficient (Wildman–Crippen LogP) is 2.42. The Labute approximate surface area is 119 Å². The number of hydrogen-bond acceptors (Lipinski definition) is 5. The van der Waals surface area contributed by atoms with Crippen molar-refractivity contribution in [2.75, 3.05) is 17.7 Å². The molecule has 0 spiro atoms. The minimum Gasteiger partial charge on any atom is -0.399 e. The van der Waals surface area contributed by atoms with E-state index in [0.717, 1.165) is 16.7 Å².